The number of carboxylic acids is 1. The number of amides is 2. The Labute approximate surface area is 193 Å². The number of nitrogens with one attached hydrogen (secondary N) is 2. The fourth-order valence-corrected chi connectivity index (χ4v) is 4.98. The molecule has 33 heavy (non-hydrogen) atoms. The van der Waals surface area contributed by atoms with Gasteiger partial charge in [0.15, 0.2) is 0 Å². The van der Waals surface area contributed by atoms with E-state index in [1.807, 2.05) is 24.3 Å². The molecule has 2 aliphatic rings. The van der Waals surface area contributed by atoms with E-state index in [-0.39, 0.29) is 36.8 Å². The number of carbonyl (C=O) groups excluding carboxylic acids is 2. The SMILES string of the molecule is C[C@@H](CC(=O)O)NC(=O)C1CCC(NC(=O)OCC2c3ccccc3-c3ccccc32)CC1. The molecule has 0 radical (unpaired) electrons. The predicted molar refractivity (Wildman–Crippen MR) is 124 cm³/mol. The number of aliphatic carboxylic acids is 1. The van der Waals surface area contributed by atoms with Gasteiger partial charge in [0, 0.05) is 23.9 Å². The maximum absolute atomic E-state index is 12.5. The number of fused-ring (bicyclic) bond motifs is 3. The minimum Gasteiger partial charge on any atom is -0.481 e. The van der Waals surface area contributed by atoms with Crippen molar-refractivity contribution in [3.63, 3.8) is 0 Å². The Bertz CT molecular complexity index is 983. The van der Waals surface area contributed by atoms with E-state index in [2.05, 4.69) is 34.9 Å². The Balaban J connectivity index is 1.25. The molecule has 0 saturated heterocycles. The van der Waals surface area contributed by atoms with E-state index < -0.39 is 18.1 Å². The van der Waals surface area contributed by atoms with Crippen LogP contribution in [0, 0.1) is 5.92 Å². The van der Waals surface area contributed by atoms with Crippen LogP contribution in [0.4, 0.5) is 4.79 Å². The highest BCUT2D eigenvalue weighted by Crippen LogP contribution is 2.44. The number of carboxylic acid groups (broad SMARTS) is 1. The molecule has 4 rings (SSSR count). The molecule has 2 aromatic rings. The second kappa shape index (κ2) is 10.1. The lowest BCUT2D eigenvalue weighted by Crippen LogP contribution is -2.43. The number of ether oxygens (including phenoxy) is 1. The van der Waals surface area contributed by atoms with Gasteiger partial charge in [0.05, 0.1) is 6.42 Å². The van der Waals surface area contributed by atoms with Crippen molar-refractivity contribution in [2.45, 2.75) is 57.0 Å². The topological polar surface area (TPSA) is 105 Å². The molecule has 0 aliphatic heterocycles. The first-order valence-corrected chi connectivity index (χ1v) is 11.6. The monoisotopic (exact) mass is 450 g/mol. The van der Waals surface area contributed by atoms with E-state index in [4.69, 9.17) is 9.84 Å². The molecule has 1 saturated carbocycles. The standard InChI is InChI=1S/C26H30N2O5/c1-16(14-24(29)30)27-25(31)17-10-12-18(13-11-17)28-26(32)33-15-23-21-8-4-2-6-19(21)20-7-3-5-9-22(20)23/h2-9,16-18,23H,10-15H2,1H3,(H,27,31)(H,28,32)(H,29,30)/t16-,17?,18?/m0/s1. The summed E-state index contributed by atoms with van der Waals surface area (Å²) in [5.41, 5.74) is 4.73. The van der Waals surface area contributed by atoms with Crippen LogP contribution < -0.4 is 10.6 Å². The van der Waals surface area contributed by atoms with Crippen LogP contribution in [0.3, 0.4) is 0 Å². The summed E-state index contributed by atoms with van der Waals surface area (Å²) in [6.07, 6.45) is 2.16. The van der Waals surface area contributed by atoms with Crippen molar-refractivity contribution in [3.05, 3.63) is 59.7 Å². The Morgan fingerprint density at radius 2 is 1.55 bits per heavy atom. The molecule has 0 heterocycles. The van der Waals surface area contributed by atoms with Crippen LogP contribution in [0.1, 0.15) is 56.1 Å². The summed E-state index contributed by atoms with van der Waals surface area (Å²) in [6, 6.07) is 16.0. The van der Waals surface area contributed by atoms with Crippen molar-refractivity contribution < 1.29 is 24.2 Å². The molecule has 2 amide bonds. The van der Waals surface area contributed by atoms with Crippen molar-refractivity contribution in [2.24, 2.45) is 5.92 Å². The van der Waals surface area contributed by atoms with Crippen molar-refractivity contribution in [1.29, 1.82) is 0 Å². The highest BCUT2D eigenvalue weighted by molar-refractivity contribution is 5.80. The van der Waals surface area contributed by atoms with Gasteiger partial charge in [-0.15, -0.1) is 0 Å². The Kier molecular flexibility index (Phi) is 6.96. The van der Waals surface area contributed by atoms with Gasteiger partial charge < -0.3 is 20.5 Å². The van der Waals surface area contributed by atoms with Crippen molar-refractivity contribution >= 4 is 18.0 Å². The lowest BCUT2D eigenvalue weighted by molar-refractivity contribution is -0.137. The van der Waals surface area contributed by atoms with Crippen LogP contribution in [0.15, 0.2) is 48.5 Å². The smallest absolute Gasteiger partial charge is 0.407 e. The summed E-state index contributed by atoms with van der Waals surface area (Å²) < 4.78 is 5.62. The minimum atomic E-state index is -0.932. The molecule has 7 nitrogen and oxygen atoms in total. The van der Waals surface area contributed by atoms with E-state index >= 15 is 0 Å². The fraction of sp³-hybridized carbons (Fsp3) is 0.423. The highest BCUT2D eigenvalue weighted by Gasteiger charge is 2.31. The zero-order chi connectivity index (χ0) is 23.4. The maximum Gasteiger partial charge on any atom is 0.407 e. The van der Waals surface area contributed by atoms with E-state index in [1.165, 1.54) is 22.3 Å². The third-order valence-corrected chi connectivity index (χ3v) is 6.63. The maximum atomic E-state index is 12.5. The summed E-state index contributed by atoms with van der Waals surface area (Å²) in [4.78, 5) is 35.6. The molecule has 0 aromatic heterocycles. The Hall–Kier alpha value is -3.35. The minimum absolute atomic E-state index is 0.0235. The summed E-state index contributed by atoms with van der Waals surface area (Å²) in [6.45, 7) is 1.97. The predicted octanol–water partition coefficient (Wildman–Crippen LogP) is 4.06. The van der Waals surface area contributed by atoms with E-state index in [9.17, 15) is 14.4 Å². The van der Waals surface area contributed by atoms with Gasteiger partial charge in [-0.2, -0.15) is 0 Å². The summed E-state index contributed by atoms with van der Waals surface area (Å²) in [5, 5.41) is 14.6. The van der Waals surface area contributed by atoms with E-state index in [1.54, 1.807) is 6.92 Å². The van der Waals surface area contributed by atoms with Crippen LogP contribution in [-0.2, 0) is 14.3 Å². The molecular weight excluding hydrogens is 420 g/mol. The number of hydrogen-bond donors (Lipinski definition) is 3. The molecule has 1 atom stereocenters. The molecule has 3 N–H and O–H groups in total. The first kappa shape index (κ1) is 22.8. The van der Waals surface area contributed by atoms with Crippen molar-refractivity contribution in [2.75, 3.05) is 6.61 Å². The fourth-order valence-electron chi connectivity index (χ4n) is 4.98. The lowest BCUT2D eigenvalue weighted by atomic mass is 9.85. The summed E-state index contributed by atoms with van der Waals surface area (Å²) in [7, 11) is 0. The van der Waals surface area contributed by atoms with Crippen molar-refractivity contribution in [3.8, 4) is 11.1 Å². The van der Waals surface area contributed by atoms with Crippen LogP contribution >= 0.6 is 0 Å². The van der Waals surface area contributed by atoms with Crippen LogP contribution in [-0.4, -0.2) is 41.8 Å². The molecule has 2 aromatic carbocycles. The van der Waals surface area contributed by atoms with E-state index in [0.717, 1.165) is 0 Å². The molecule has 174 valence electrons. The Morgan fingerprint density at radius 1 is 0.970 bits per heavy atom. The second-order valence-corrected chi connectivity index (χ2v) is 9.03. The normalized spacial score (nSPS) is 20.3. The third-order valence-electron chi connectivity index (χ3n) is 6.63. The van der Waals surface area contributed by atoms with Gasteiger partial charge in [0.25, 0.3) is 0 Å². The third kappa shape index (κ3) is 5.35. The molecule has 1 fully saturated rings. The number of rotatable bonds is 7. The van der Waals surface area contributed by atoms with Crippen LogP contribution in [0.25, 0.3) is 11.1 Å². The van der Waals surface area contributed by atoms with Crippen LogP contribution in [0.2, 0.25) is 0 Å². The number of carbonyl (C=O) groups is 3. The average molecular weight is 451 g/mol. The van der Waals surface area contributed by atoms with Gasteiger partial charge in [0.2, 0.25) is 5.91 Å². The van der Waals surface area contributed by atoms with E-state index in [0.29, 0.717) is 25.7 Å². The number of hydrogen-bond acceptors (Lipinski definition) is 4. The summed E-state index contributed by atoms with van der Waals surface area (Å²) >= 11 is 0. The first-order chi connectivity index (χ1) is 15.9. The molecule has 7 heteroatoms. The van der Waals surface area contributed by atoms with Crippen molar-refractivity contribution in [1.82, 2.24) is 10.6 Å². The quantitative estimate of drug-likeness (QED) is 0.590. The van der Waals surface area contributed by atoms with Gasteiger partial charge in [-0.05, 0) is 54.9 Å². The zero-order valence-electron chi connectivity index (χ0n) is 18.8. The van der Waals surface area contributed by atoms with Gasteiger partial charge >= 0.3 is 12.1 Å². The Morgan fingerprint density at radius 3 is 2.12 bits per heavy atom. The molecule has 0 spiro atoms. The summed E-state index contributed by atoms with van der Waals surface area (Å²) in [5.74, 6) is -1.17. The molecular formula is C26H30N2O5. The lowest BCUT2D eigenvalue weighted by Gasteiger charge is -2.29. The molecule has 2 aliphatic carbocycles. The largest absolute Gasteiger partial charge is 0.481 e. The highest BCUT2D eigenvalue weighted by atomic mass is 16.5. The van der Waals surface area contributed by atoms with Gasteiger partial charge in [-0.25, -0.2) is 4.79 Å². The van der Waals surface area contributed by atoms with Gasteiger partial charge in [-0.1, -0.05) is 48.5 Å². The zero-order valence-corrected chi connectivity index (χ0v) is 18.8. The van der Waals surface area contributed by atoms with Crippen LogP contribution in [0.5, 0.6) is 0 Å². The van der Waals surface area contributed by atoms with Gasteiger partial charge in [0.1, 0.15) is 6.61 Å². The number of benzene rings is 2. The van der Waals surface area contributed by atoms with Gasteiger partial charge in [-0.3, -0.25) is 9.59 Å². The second-order valence-electron chi connectivity index (χ2n) is 9.03. The number of alkyl carbamates (subject to hydrolysis) is 1. The molecule has 0 unspecified atom stereocenters. The first-order valence-electron chi connectivity index (χ1n) is 11.6. The average Bonchev–Trinajstić information content (AvgIpc) is 3.11. The molecule has 0 bridgehead atoms.